The van der Waals surface area contributed by atoms with E-state index in [9.17, 15) is 4.79 Å². The first-order chi connectivity index (χ1) is 11.9. The number of halogens is 1. The van der Waals surface area contributed by atoms with Crippen LogP contribution in [0.2, 0.25) is 0 Å². The molecule has 2 aromatic rings. The van der Waals surface area contributed by atoms with Crippen molar-refractivity contribution in [3.63, 3.8) is 0 Å². The summed E-state index contributed by atoms with van der Waals surface area (Å²) < 4.78 is 5.52. The summed E-state index contributed by atoms with van der Waals surface area (Å²) in [7, 11) is 0. The van der Waals surface area contributed by atoms with Crippen molar-refractivity contribution in [3.8, 4) is 5.75 Å². The molecule has 0 spiro atoms. The third kappa shape index (κ3) is 8.88. The van der Waals surface area contributed by atoms with Gasteiger partial charge in [-0.05, 0) is 57.0 Å². The molecule has 0 saturated carbocycles. The maximum absolute atomic E-state index is 11.7. The predicted molar refractivity (Wildman–Crippen MR) is 109 cm³/mol. The molecular weight excluding hydrogens is 348 g/mol. The van der Waals surface area contributed by atoms with Gasteiger partial charge in [0, 0.05) is 12.1 Å². The Bertz CT molecular complexity index is 652. The van der Waals surface area contributed by atoms with Gasteiger partial charge in [0.15, 0.2) is 6.61 Å². The Morgan fingerprint density at radius 2 is 1.62 bits per heavy atom. The quantitative estimate of drug-likeness (QED) is 0.690. The van der Waals surface area contributed by atoms with Gasteiger partial charge in [0.1, 0.15) is 5.75 Å². The molecule has 0 aliphatic carbocycles. The zero-order valence-electron chi connectivity index (χ0n) is 15.7. The van der Waals surface area contributed by atoms with Gasteiger partial charge < -0.3 is 15.4 Å². The first kappa shape index (κ1) is 22.0. The molecule has 0 radical (unpaired) electrons. The minimum atomic E-state index is -0.240. The van der Waals surface area contributed by atoms with E-state index in [2.05, 4.69) is 34.9 Å². The van der Waals surface area contributed by atoms with Gasteiger partial charge >= 0.3 is 0 Å². The van der Waals surface area contributed by atoms with E-state index in [1.807, 2.05) is 51.1 Å². The third-order valence-corrected chi connectivity index (χ3v) is 3.57. The summed E-state index contributed by atoms with van der Waals surface area (Å²) in [6.45, 7) is 7.64. The van der Waals surface area contributed by atoms with E-state index in [-0.39, 0.29) is 30.5 Å². The third-order valence-electron chi connectivity index (χ3n) is 3.57. The van der Waals surface area contributed by atoms with E-state index in [0.29, 0.717) is 5.75 Å². The number of rotatable bonds is 8. The number of nitrogens with one attached hydrogen (secondary N) is 2. The van der Waals surface area contributed by atoms with Crippen LogP contribution in [0.25, 0.3) is 0 Å². The smallest absolute Gasteiger partial charge is 0.258 e. The minimum absolute atomic E-state index is 0. The largest absolute Gasteiger partial charge is 0.484 e. The van der Waals surface area contributed by atoms with E-state index < -0.39 is 0 Å². The molecule has 4 nitrogen and oxygen atoms in total. The Kier molecular flexibility index (Phi) is 9.17. The molecule has 1 amide bonds. The fourth-order valence-corrected chi connectivity index (χ4v) is 2.42. The first-order valence-electron chi connectivity index (χ1n) is 8.70. The van der Waals surface area contributed by atoms with Crippen molar-refractivity contribution < 1.29 is 9.53 Å². The van der Waals surface area contributed by atoms with Crippen LogP contribution in [0.15, 0.2) is 54.6 Å². The summed E-state index contributed by atoms with van der Waals surface area (Å²) in [5.41, 5.74) is 2.29. The number of carbonyl (C=O) groups excluding carboxylic acids is 1. The maximum Gasteiger partial charge on any atom is 0.258 e. The lowest BCUT2D eigenvalue weighted by Crippen LogP contribution is -2.43. The molecule has 0 bridgehead atoms. The highest BCUT2D eigenvalue weighted by Crippen LogP contribution is 2.12. The lowest BCUT2D eigenvalue weighted by molar-refractivity contribution is -0.124. The second-order valence-electron chi connectivity index (χ2n) is 7.14. The molecule has 0 fully saturated rings. The highest BCUT2D eigenvalue weighted by Gasteiger charge is 2.13. The summed E-state index contributed by atoms with van der Waals surface area (Å²) in [6, 6.07) is 18.3. The molecule has 0 unspecified atom stereocenters. The Morgan fingerprint density at radius 1 is 0.962 bits per heavy atom. The van der Waals surface area contributed by atoms with Gasteiger partial charge in [-0.3, -0.25) is 4.79 Å². The zero-order chi connectivity index (χ0) is 18.1. The molecule has 142 valence electrons. The highest BCUT2D eigenvalue weighted by molar-refractivity contribution is 5.85. The number of ether oxygens (including phenoxy) is 1. The summed E-state index contributed by atoms with van der Waals surface area (Å²) >= 11 is 0. The van der Waals surface area contributed by atoms with Crippen molar-refractivity contribution in [1.29, 1.82) is 0 Å². The molecule has 0 aliphatic heterocycles. The molecular formula is C21H29ClN2O2. The van der Waals surface area contributed by atoms with Gasteiger partial charge in [0.05, 0.1) is 0 Å². The standard InChI is InChI=1S/C21H28N2O2.ClH/c1-21(2,3)23-20(24)16-25-19-11-9-18(10-12-19)15-22-14-13-17-7-5-4-6-8-17;/h4-12,22H,13-16H2,1-3H3,(H,23,24);1H. The van der Waals surface area contributed by atoms with Crippen LogP contribution in [0.5, 0.6) is 5.75 Å². The summed E-state index contributed by atoms with van der Waals surface area (Å²) in [6.07, 6.45) is 1.02. The van der Waals surface area contributed by atoms with Gasteiger partial charge in [0.25, 0.3) is 5.91 Å². The van der Waals surface area contributed by atoms with Crippen LogP contribution in [0.4, 0.5) is 0 Å². The molecule has 2 aromatic carbocycles. The molecule has 2 rings (SSSR count). The minimum Gasteiger partial charge on any atom is -0.484 e. The van der Waals surface area contributed by atoms with Gasteiger partial charge in [-0.1, -0.05) is 42.5 Å². The molecule has 0 heterocycles. The molecule has 0 atom stereocenters. The van der Waals surface area contributed by atoms with E-state index in [1.165, 1.54) is 11.1 Å². The average Bonchev–Trinajstić information content (AvgIpc) is 2.57. The van der Waals surface area contributed by atoms with Crippen LogP contribution in [0.1, 0.15) is 31.9 Å². The molecule has 0 aromatic heterocycles. The monoisotopic (exact) mass is 376 g/mol. The molecule has 0 saturated heterocycles. The van der Waals surface area contributed by atoms with Gasteiger partial charge in [0.2, 0.25) is 0 Å². The Balaban J connectivity index is 0.00000338. The van der Waals surface area contributed by atoms with Crippen LogP contribution >= 0.6 is 12.4 Å². The van der Waals surface area contributed by atoms with Crippen LogP contribution < -0.4 is 15.4 Å². The number of carbonyl (C=O) groups is 1. The number of hydrogen-bond acceptors (Lipinski definition) is 3. The van der Waals surface area contributed by atoms with Crippen LogP contribution in [-0.2, 0) is 17.8 Å². The van der Waals surface area contributed by atoms with Crippen molar-refractivity contribution in [2.45, 2.75) is 39.3 Å². The van der Waals surface area contributed by atoms with Crippen molar-refractivity contribution in [3.05, 3.63) is 65.7 Å². The van der Waals surface area contributed by atoms with E-state index in [0.717, 1.165) is 19.5 Å². The summed E-state index contributed by atoms with van der Waals surface area (Å²) in [4.78, 5) is 11.7. The second-order valence-corrected chi connectivity index (χ2v) is 7.14. The summed E-state index contributed by atoms with van der Waals surface area (Å²) in [5.74, 6) is 0.594. The summed E-state index contributed by atoms with van der Waals surface area (Å²) in [5, 5.41) is 6.32. The highest BCUT2D eigenvalue weighted by atomic mass is 35.5. The van der Waals surface area contributed by atoms with E-state index in [4.69, 9.17) is 4.74 Å². The van der Waals surface area contributed by atoms with Crippen LogP contribution in [-0.4, -0.2) is 24.6 Å². The van der Waals surface area contributed by atoms with Gasteiger partial charge in [-0.15, -0.1) is 12.4 Å². The van der Waals surface area contributed by atoms with E-state index >= 15 is 0 Å². The SMILES string of the molecule is CC(C)(C)NC(=O)COc1ccc(CNCCc2ccccc2)cc1.Cl. The predicted octanol–water partition coefficient (Wildman–Crippen LogP) is 3.73. The molecule has 0 aliphatic rings. The lowest BCUT2D eigenvalue weighted by atomic mass is 10.1. The first-order valence-corrected chi connectivity index (χ1v) is 8.70. The maximum atomic E-state index is 11.7. The van der Waals surface area contributed by atoms with Gasteiger partial charge in [-0.25, -0.2) is 0 Å². The second kappa shape index (κ2) is 10.8. The van der Waals surface area contributed by atoms with Crippen molar-refractivity contribution in [2.24, 2.45) is 0 Å². The molecule has 5 heteroatoms. The topological polar surface area (TPSA) is 50.4 Å². The van der Waals surface area contributed by atoms with Gasteiger partial charge in [-0.2, -0.15) is 0 Å². The normalized spacial score (nSPS) is 10.7. The zero-order valence-corrected chi connectivity index (χ0v) is 16.6. The Hall–Kier alpha value is -2.04. The average molecular weight is 377 g/mol. The lowest BCUT2D eigenvalue weighted by Gasteiger charge is -2.20. The molecule has 26 heavy (non-hydrogen) atoms. The van der Waals surface area contributed by atoms with Crippen LogP contribution in [0, 0.1) is 0 Å². The Labute approximate surface area is 162 Å². The van der Waals surface area contributed by atoms with E-state index in [1.54, 1.807) is 0 Å². The van der Waals surface area contributed by atoms with Crippen LogP contribution in [0.3, 0.4) is 0 Å². The fraction of sp³-hybridized carbons (Fsp3) is 0.381. The number of amides is 1. The van der Waals surface area contributed by atoms with Crippen molar-refractivity contribution in [1.82, 2.24) is 10.6 Å². The van der Waals surface area contributed by atoms with Crippen molar-refractivity contribution >= 4 is 18.3 Å². The van der Waals surface area contributed by atoms with Crippen molar-refractivity contribution in [2.75, 3.05) is 13.2 Å². The number of benzene rings is 2. The Morgan fingerprint density at radius 3 is 2.23 bits per heavy atom. The molecule has 2 N–H and O–H groups in total. The fourth-order valence-electron chi connectivity index (χ4n) is 2.42. The number of hydrogen-bond donors (Lipinski definition) is 2.